The molecule has 3 heteroatoms. The highest BCUT2D eigenvalue weighted by Crippen LogP contribution is 2.20. The molecule has 1 aromatic heterocycles. The molecule has 0 radical (unpaired) electrons. The first kappa shape index (κ1) is 12.4. The van der Waals surface area contributed by atoms with E-state index < -0.39 is 0 Å². The summed E-state index contributed by atoms with van der Waals surface area (Å²) >= 11 is 0. The van der Waals surface area contributed by atoms with Gasteiger partial charge in [0.25, 0.3) is 0 Å². The molecule has 0 aliphatic heterocycles. The Morgan fingerprint density at radius 1 is 1.26 bits per heavy atom. The summed E-state index contributed by atoms with van der Waals surface area (Å²) in [6.07, 6.45) is 6.80. The summed E-state index contributed by atoms with van der Waals surface area (Å²) in [7, 11) is 0. The first-order valence-electron chi connectivity index (χ1n) is 7.12. The zero-order valence-corrected chi connectivity index (χ0v) is 11.4. The summed E-state index contributed by atoms with van der Waals surface area (Å²) in [6, 6.07) is 11.2. The highest BCUT2D eigenvalue weighted by Gasteiger charge is 2.20. The second-order valence-corrected chi connectivity index (χ2v) is 5.60. The molecule has 0 bridgehead atoms. The molecule has 3 nitrogen and oxygen atoms in total. The Hall–Kier alpha value is -1.61. The van der Waals surface area contributed by atoms with Crippen molar-refractivity contribution in [3.05, 3.63) is 42.7 Å². The van der Waals surface area contributed by atoms with Crippen LogP contribution in [0.5, 0.6) is 0 Å². The number of nitrogens with zero attached hydrogens (tertiary/aromatic N) is 2. The van der Waals surface area contributed by atoms with Gasteiger partial charge in [0.15, 0.2) is 0 Å². The topological polar surface area (TPSA) is 29.9 Å². The van der Waals surface area contributed by atoms with E-state index in [0.717, 1.165) is 19.1 Å². The Bertz CT molecular complexity index is 514. The lowest BCUT2D eigenvalue weighted by molar-refractivity contribution is 0.421. The smallest absolute Gasteiger partial charge is 0.0568 e. The van der Waals surface area contributed by atoms with Crippen LogP contribution in [0.15, 0.2) is 42.7 Å². The Morgan fingerprint density at radius 3 is 2.79 bits per heavy atom. The lowest BCUT2D eigenvalue weighted by Crippen LogP contribution is -2.25. The molecule has 1 unspecified atom stereocenters. The van der Waals surface area contributed by atoms with Gasteiger partial charge in [-0.15, -0.1) is 0 Å². The minimum Gasteiger partial charge on any atom is -0.314 e. The minimum absolute atomic E-state index is 0.615. The molecule has 0 spiro atoms. The quantitative estimate of drug-likeness (QED) is 0.860. The SMILES string of the molecule is CC(CNC1CC1)Cn1cc(-c2ccccc2)cn1. The van der Waals surface area contributed by atoms with Crippen LogP contribution in [0, 0.1) is 5.92 Å². The predicted molar refractivity (Wildman–Crippen MR) is 77.9 cm³/mol. The van der Waals surface area contributed by atoms with Gasteiger partial charge in [0, 0.05) is 24.3 Å². The molecule has 1 aromatic carbocycles. The fourth-order valence-corrected chi connectivity index (χ4v) is 2.28. The third-order valence-electron chi connectivity index (χ3n) is 3.57. The molecule has 0 amide bonds. The van der Waals surface area contributed by atoms with Crippen LogP contribution in [0.2, 0.25) is 0 Å². The number of rotatable bonds is 6. The Morgan fingerprint density at radius 2 is 2.05 bits per heavy atom. The van der Waals surface area contributed by atoms with Crippen LogP contribution in [0.4, 0.5) is 0 Å². The van der Waals surface area contributed by atoms with E-state index in [9.17, 15) is 0 Å². The second kappa shape index (κ2) is 5.57. The van der Waals surface area contributed by atoms with Gasteiger partial charge in [0.1, 0.15) is 0 Å². The molecule has 1 aliphatic rings. The van der Waals surface area contributed by atoms with Crippen molar-refractivity contribution < 1.29 is 0 Å². The van der Waals surface area contributed by atoms with E-state index in [4.69, 9.17) is 0 Å². The molecule has 2 aromatic rings. The molecule has 1 saturated carbocycles. The maximum Gasteiger partial charge on any atom is 0.0568 e. The fraction of sp³-hybridized carbons (Fsp3) is 0.438. The van der Waals surface area contributed by atoms with Crippen molar-refractivity contribution >= 4 is 0 Å². The molecule has 3 rings (SSSR count). The van der Waals surface area contributed by atoms with Gasteiger partial charge < -0.3 is 5.32 Å². The van der Waals surface area contributed by atoms with Crippen molar-refractivity contribution in [2.45, 2.75) is 32.4 Å². The zero-order chi connectivity index (χ0) is 13.1. The Kier molecular flexibility index (Phi) is 3.65. The largest absolute Gasteiger partial charge is 0.314 e. The molecule has 1 aliphatic carbocycles. The summed E-state index contributed by atoms with van der Waals surface area (Å²) in [5, 5.41) is 8.04. The Labute approximate surface area is 114 Å². The zero-order valence-electron chi connectivity index (χ0n) is 11.4. The molecule has 1 heterocycles. The third-order valence-corrected chi connectivity index (χ3v) is 3.57. The van der Waals surface area contributed by atoms with Crippen molar-refractivity contribution in [1.29, 1.82) is 0 Å². The van der Waals surface area contributed by atoms with Gasteiger partial charge in [-0.2, -0.15) is 5.10 Å². The molecule has 19 heavy (non-hydrogen) atoms. The van der Waals surface area contributed by atoms with Gasteiger partial charge in [0.05, 0.1) is 6.20 Å². The van der Waals surface area contributed by atoms with Gasteiger partial charge in [0.2, 0.25) is 0 Å². The van der Waals surface area contributed by atoms with Crippen molar-refractivity contribution in [2.75, 3.05) is 6.54 Å². The Balaban J connectivity index is 1.58. The van der Waals surface area contributed by atoms with Crippen LogP contribution in [0.3, 0.4) is 0 Å². The first-order chi connectivity index (χ1) is 9.31. The normalized spacial score (nSPS) is 16.5. The van der Waals surface area contributed by atoms with Crippen LogP contribution in [-0.2, 0) is 6.54 Å². The molecule has 0 saturated heterocycles. The van der Waals surface area contributed by atoms with Crippen molar-refractivity contribution in [1.82, 2.24) is 15.1 Å². The molecule has 1 fully saturated rings. The van der Waals surface area contributed by atoms with E-state index in [0.29, 0.717) is 5.92 Å². The van der Waals surface area contributed by atoms with Crippen LogP contribution in [-0.4, -0.2) is 22.4 Å². The summed E-state index contributed by atoms with van der Waals surface area (Å²) < 4.78 is 2.06. The van der Waals surface area contributed by atoms with Crippen LogP contribution in [0.25, 0.3) is 11.1 Å². The molecule has 1 N–H and O–H groups in total. The monoisotopic (exact) mass is 255 g/mol. The average Bonchev–Trinajstić information content (AvgIpc) is 3.16. The second-order valence-electron chi connectivity index (χ2n) is 5.60. The maximum absolute atomic E-state index is 4.46. The lowest BCUT2D eigenvalue weighted by Gasteiger charge is -2.12. The highest BCUT2D eigenvalue weighted by atomic mass is 15.3. The van der Waals surface area contributed by atoms with E-state index in [1.165, 1.54) is 24.0 Å². The van der Waals surface area contributed by atoms with Crippen molar-refractivity contribution in [2.24, 2.45) is 5.92 Å². The van der Waals surface area contributed by atoms with E-state index in [1.807, 2.05) is 12.3 Å². The van der Waals surface area contributed by atoms with Gasteiger partial charge in [-0.3, -0.25) is 4.68 Å². The van der Waals surface area contributed by atoms with Crippen LogP contribution < -0.4 is 5.32 Å². The number of hydrogen-bond donors (Lipinski definition) is 1. The molecule has 100 valence electrons. The van der Waals surface area contributed by atoms with Gasteiger partial charge in [-0.1, -0.05) is 37.3 Å². The van der Waals surface area contributed by atoms with E-state index >= 15 is 0 Å². The van der Waals surface area contributed by atoms with E-state index in [2.05, 4.69) is 52.5 Å². The summed E-state index contributed by atoms with van der Waals surface area (Å²) in [6.45, 7) is 4.34. The average molecular weight is 255 g/mol. The van der Waals surface area contributed by atoms with Crippen molar-refractivity contribution in [3.8, 4) is 11.1 Å². The lowest BCUT2D eigenvalue weighted by atomic mass is 10.1. The van der Waals surface area contributed by atoms with Crippen molar-refractivity contribution in [3.63, 3.8) is 0 Å². The molecule has 1 atom stereocenters. The van der Waals surface area contributed by atoms with Crippen LogP contribution in [0.1, 0.15) is 19.8 Å². The first-order valence-corrected chi connectivity index (χ1v) is 7.12. The van der Waals surface area contributed by atoms with E-state index in [-0.39, 0.29) is 0 Å². The maximum atomic E-state index is 4.46. The summed E-state index contributed by atoms with van der Waals surface area (Å²) in [4.78, 5) is 0. The number of aromatic nitrogens is 2. The third kappa shape index (κ3) is 3.44. The minimum atomic E-state index is 0.615. The van der Waals surface area contributed by atoms with Gasteiger partial charge >= 0.3 is 0 Å². The van der Waals surface area contributed by atoms with E-state index in [1.54, 1.807) is 0 Å². The molecular formula is C16H21N3. The van der Waals surface area contributed by atoms with Crippen LogP contribution >= 0.6 is 0 Å². The number of benzene rings is 1. The number of hydrogen-bond acceptors (Lipinski definition) is 2. The molecular weight excluding hydrogens is 234 g/mol. The number of nitrogens with one attached hydrogen (secondary N) is 1. The summed E-state index contributed by atoms with van der Waals surface area (Å²) in [5.41, 5.74) is 2.43. The standard InChI is InChI=1S/C16H21N3/c1-13(9-17-16-7-8-16)11-19-12-15(10-18-19)14-5-3-2-4-6-14/h2-6,10,12-13,16-17H,7-9,11H2,1H3. The summed E-state index contributed by atoms with van der Waals surface area (Å²) in [5.74, 6) is 0.615. The highest BCUT2D eigenvalue weighted by molar-refractivity contribution is 5.61. The van der Waals surface area contributed by atoms with Gasteiger partial charge in [-0.05, 0) is 30.9 Å². The fourth-order valence-electron chi connectivity index (χ4n) is 2.28. The predicted octanol–water partition coefficient (Wildman–Crippen LogP) is 2.94. The van der Waals surface area contributed by atoms with Gasteiger partial charge in [-0.25, -0.2) is 0 Å².